The third-order valence-electron chi connectivity index (χ3n) is 5.78. The van der Waals surface area contributed by atoms with Crippen molar-refractivity contribution in [1.82, 2.24) is 29.5 Å². The summed E-state index contributed by atoms with van der Waals surface area (Å²) >= 11 is 6.22. The summed E-state index contributed by atoms with van der Waals surface area (Å²) in [4.78, 5) is 15.4. The summed E-state index contributed by atoms with van der Waals surface area (Å²) in [5.74, 6) is 1.11. The van der Waals surface area contributed by atoms with Crippen molar-refractivity contribution >= 4 is 39.8 Å². The maximum atomic E-state index is 15.0. The average Bonchev–Trinajstić information content (AvgIpc) is 3.55. The zero-order valence-corrected chi connectivity index (χ0v) is 17.8. The van der Waals surface area contributed by atoms with Crippen LogP contribution in [0.15, 0.2) is 55.1 Å². The van der Waals surface area contributed by atoms with Crippen LogP contribution in [-0.2, 0) is 0 Å². The minimum Gasteiger partial charge on any atom is -0.326 e. The van der Waals surface area contributed by atoms with Gasteiger partial charge in [0.1, 0.15) is 18.0 Å². The van der Waals surface area contributed by atoms with E-state index in [0.29, 0.717) is 33.9 Å². The van der Waals surface area contributed by atoms with Crippen molar-refractivity contribution in [3.63, 3.8) is 0 Å². The molecule has 1 aliphatic carbocycles. The first-order valence-electron chi connectivity index (χ1n) is 10.2. The molecule has 9 heteroatoms. The minimum absolute atomic E-state index is 0.364. The van der Waals surface area contributed by atoms with Gasteiger partial charge in [0, 0.05) is 35.1 Å². The Labute approximate surface area is 187 Å². The summed E-state index contributed by atoms with van der Waals surface area (Å²) in [6.45, 7) is 0. The van der Waals surface area contributed by atoms with Crippen LogP contribution in [0.4, 0.5) is 15.9 Å². The van der Waals surface area contributed by atoms with E-state index in [1.54, 1.807) is 47.1 Å². The van der Waals surface area contributed by atoms with Gasteiger partial charge in [0.2, 0.25) is 0 Å². The molecule has 0 radical (unpaired) electrons. The molecule has 1 fully saturated rings. The maximum absolute atomic E-state index is 15.0. The molecule has 0 bridgehead atoms. The Balaban J connectivity index is 1.46. The summed E-state index contributed by atoms with van der Waals surface area (Å²) in [7, 11) is 1.77. The van der Waals surface area contributed by atoms with Crippen molar-refractivity contribution in [3.05, 3.63) is 71.7 Å². The topological polar surface area (TPSA) is 72.1 Å². The standard InChI is InChI=1S/C23H17ClFN7/c1-31(22-16-6-5-15(24)9-20(16)32-12-28-30-23(32)29-22)21-8-14(4-7-17(21)25)19-11-26-18(10-27-19)13-2-3-13/h4-13H,2-3H2,1H3. The predicted octanol–water partition coefficient (Wildman–Crippen LogP) is 5.17. The molecule has 0 atom stereocenters. The Morgan fingerprint density at radius 2 is 1.97 bits per heavy atom. The van der Waals surface area contributed by atoms with Crippen LogP contribution in [-0.4, -0.2) is 36.6 Å². The number of benzene rings is 2. The largest absolute Gasteiger partial charge is 0.326 e. The molecule has 2 aromatic carbocycles. The van der Waals surface area contributed by atoms with E-state index in [9.17, 15) is 4.39 Å². The van der Waals surface area contributed by atoms with Crippen LogP contribution in [0, 0.1) is 5.82 Å². The first-order chi connectivity index (χ1) is 15.6. The van der Waals surface area contributed by atoms with Crippen LogP contribution < -0.4 is 4.90 Å². The van der Waals surface area contributed by atoms with Gasteiger partial charge in [-0.1, -0.05) is 11.6 Å². The van der Waals surface area contributed by atoms with Crippen LogP contribution in [0.5, 0.6) is 0 Å². The minimum atomic E-state index is -0.371. The van der Waals surface area contributed by atoms with Crippen LogP contribution in [0.1, 0.15) is 24.5 Å². The highest BCUT2D eigenvalue weighted by molar-refractivity contribution is 6.31. The predicted molar refractivity (Wildman–Crippen MR) is 121 cm³/mol. The van der Waals surface area contributed by atoms with Gasteiger partial charge in [-0.2, -0.15) is 4.98 Å². The molecule has 1 saturated carbocycles. The Morgan fingerprint density at radius 3 is 2.75 bits per heavy atom. The third kappa shape index (κ3) is 3.15. The quantitative estimate of drug-likeness (QED) is 0.380. The van der Waals surface area contributed by atoms with Crippen LogP contribution in [0.25, 0.3) is 27.9 Å². The Kier molecular flexibility index (Phi) is 4.29. The van der Waals surface area contributed by atoms with Gasteiger partial charge in [-0.3, -0.25) is 14.4 Å². The molecule has 7 nitrogen and oxygen atoms in total. The van der Waals surface area contributed by atoms with E-state index in [2.05, 4.69) is 25.1 Å². The molecule has 3 aromatic heterocycles. The van der Waals surface area contributed by atoms with Crippen LogP contribution in [0.2, 0.25) is 5.02 Å². The van der Waals surface area contributed by atoms with Gasteiger partial charge in [-0.05, 0) is 49.2 Å². The molecule has 0 saturated heterocycles. The second-order valence-corrected chi connectivity index (χ2v) is 8.36. The normalized spacial score (nSPS) is 13.7. The Hall–Kier alpha value is -3.65. The van der Waals surface area contributed by atoms with Gasteiger partial charge in [-0.15, -0.1) is 10.2 Å². The number of hydrogen-bond acceptors (Lipinski definition) is 6. The van der Waals surface area contributed by atoms with Crippen molar-refractivity contribution < 1.29 is 4.39 Å². The van der Waals surface area contributed by atoms with E-state index < -0.39 is 0 Å². The van der Waals surface area contributed by atoms with Crippen LogP contribution >= 0.6 is 11.6 Å². The van der Waals surface area contributed by atoms with E-state index in [1.807, 2.05) is 18.3 Å². The van der Waals surface area contributed by atoms with E-state index in [-0.39, 0.29) is 5.82 Å². The van der Waals surface area contributed by atoms with Crippen molar-refractivity contribution in [1.29, 1.82) is 0 Å². The smallest absolute Gasteiger partial charge is 0.257 e. The fourth-order valence-corrected chi connectivity index (χ4v) is 4.07. The van der Waals surface area contributed by atoms with E-state index in [1.165, 1.54) is 18.9 Å². The van der Waals surface area contributed by atoms with Gasteiger partial charge in [0.25, 0.3) is 5.78 Å². The zero-order valence-electron chi connectivity index (χ0n) is 17.1. The van der Waals surface area contributed by atoms with Crippen LogP contribution in [0.3, 0.4) is 0 Å². The third-order valence-corrected chi connectivity index (χ3v) is 6.02. The molecule has 1 aliphatic rings. The number of hydrogen-bond donors (Lipinski definition) is 0. The highest BCUT2D eigenvalue weighted by Gasteiger charge is 2.25. The molecule has 6 rings (SSSR count). The van der Waals surface area contributed by atoms with Crippen molar-refractivity contribution in [3.8, 4) is 11.3 Å². The zero-order chi connectivity index (χ0) is 21.8. The summed E-state index contributed by atoms with van der Waals surface area (Å²) < 4.78 is 16.7. The molecule has 0 aliphatic heterocycles. The van der Waals surface area contributed by atoms with Gasteiger partial charge in [0.05, 0.1) is 28.8 Å². The van der Waals surface area contributed by atoms with Crippen molar-refractivity contribution in [2.24, 2.45) is 0 Å². The number of fused-ring (bicyclic) bond motifs is 3. The molecule has 0 N–H and O–H groups in total. The maximum Gasteiger partial charge on any atom is 0.257 e. The second-order valence-electron chi connectivity index (χ2n) is 7.92. The van der Waals surface area contributed by atoms with Gasteiger partial charge in [0.15, 0.2) is 0 Å². The van der Waals surface area contributed by atoms with Crippen molar-refractivity contribution in [2.45, 2.75) is 18.8 Å². The fourth-order valence-electron chi connectivity index (χ4n) is 3.90. The van der Waals surface area contributed by atoms with Gasteiger partial charge >= 0.3 is 0 Å². The molecule has 0 amide bonds. The first-order valence-corrected chi connectivity index (χ1v) is 10.6. The van der Waals surface area contributed by atoms with Gasteiger partial charge in [-0.25, -0.2) is 4.39 Å². The molecular weight excluding hydrogens is 429 g/mol. The van der Waals surface area contributed by atoms with E-state index in [0.717, 1.165) is 22.2 Å². The number of anilines is 2. The molecule has 3 heterocycles. The summed E-state index contributed by atoms with van der Waals surface area (Å²) in [6, 6.07) is 10.4. The number of rotatable bonds is 4. The summed E-state index contributed by atoms with van der Waals surface area (Å²) in [5.41, 5.74) is 3.64. The lowest BCUT2D eigenvalue weighted by molar-refractivity contribution is 0.627. The summed E-state index contributed by atoms with van der Waals surface area (Å²) in [6.07, 6.45) is 7.49. The monoisotopic (exact) mass is 445 g/mol. The molecule has 0 unspecified atom stereocenters. The lowest BCUT2D eigenvalue weighted by atomic mass is 10.1. The fraction of sp³-hybridized carbons (Fsp3) is 0.174. The van der Waals surface area contributed by atoms with Gasteiger partial charge < -0.3 is 4.90 Å². The molecule has 5 aromatic rings. The van der Waals surface area contributed by atoms with E-state index in [4.69, 9.17) is 11.6 Å². The molecule has 32 heavy (non-hydrogen) atoms. The molecule has 158 valence electrons. The Bertz CT molecular complexity index is 1480. The SMILES string of the molecule is CN(c1cc(-c2cnc(C3CC3)cn2)ccc1F)c1nc2nncn2c2cc(Cl)ccc12. The highest BCUT2D eigenvalue weighted by Crippen LogP contribution is 2.39. The Morgan fingerprint density at radius 1 is 1.09 bits per heavy atom. The summed E-state index contributed by atoms with van der Waals surface area (Å²) in [5, 5.41) is 9.39. The lowest BCUT2D eigenvalue weighted by Crippen LogP contribution is -2.14. The average molecular weight is 446 g/mol. The second kappa shape index (κ2) is 7.20. The van der Waals surface area contributed by atoms with E-state index >= 15 is 0 Å². The molecule has 0 spiro atoms. The molecular formula is C23H17ClFN7. The van der Waals surface area contributed by atoms with Crippen molar-refractivity contribution in [2.75, 3.05) is 11.9 Å². The first kappa shape index (κ1) is 19.1. The highest BCUT2D eigenvalue weighted by atomic mass is 35.5. The lowest BCUT2D eigenvalue weighted by Gasteiger charge is -2.21. The number of aromatic nitrogens is 6. The number of nitrogens with zero attached hydrogens (tertiary/aromatic N) is 7. The number of halogens is 2.